The molecule has 0 saturated carbocycles. The number of amides is 1. The van der Waals surface area contributed by atoms with E-state index in [0.717, 1.165) is 25.9 Å². The Hall–Kier alpha value is -1.35. The van der Waals surface area contributed by atoms with Crippen LogP contribution in [0, 0.1) is 12.8 Å². The predicted octanol–water partition coefficient (Wildman–Crippen LogP) is 1.65. The van der Waals surface area contributed by atoms with Gasteiger partial charge in [-0.05, 0) is 44.4 Å². The third kappa shape index (κ3) is 3.33. The third-order valence-electron chi connectivity index (χ3n) is 3.61. The summed E-state index contributed by atoms with van der Waals surface area (Å²) in [4.78, 5) is 12.0. The molecule has 2 unspecified atom stereocenters. The first kappa shape index (κ1) is 13.1. The minimum Gasteiger partial charge on any atom is -0.353 e. The van der Waals surface area contributed by atoms with Crippen LogP contribution in [-0.2, 0) is 11.2 Å². The highest BCUT2D eigenvalue weighted by Crippen LogP contribution is 2.11. The molecule has 1 amide bonds. The van der Waals surface area contributed by atoms with Gasteiger partial charge in [-0.2, -0.15) is 0 Å². The van der Waals surface area contributed by atoms with Crippen LogP contribution in [0.5, 0.6) is 0 Å². The Bertz CT molecular complexity index is 411. The Morgan fingerprint density at radius 3 is 2.94 bits per heavy atom. The molecule has 3 nitrogen and oxygen atoms in total. The summed E-state index contributed by atoms with van der Waals surface area (Å²) in [7, 11) is 0. The van der Waals surface area contributed by atoms with Crippen molar-refractivity contribution in [1.82, 2.24) is 10.6 Å². The maximum Gasteiger partial charge on any atom is 0.224 e. The van der Waals surface area contributed by atoms with E-state index in [-0.39, 0.29) is 17.9 Å². The van der Waals surface area contributed by atoms with E-state index in [1.165, 1.54) is 11.1 Å². The minimum absolute atomic E-state index is 0.157. The maximum atomic E-state index is 12.0. The van der Waals surface area contributed by atoms with Crippen molar-refractivity contribution in [2.45, 2.75) is 32.7 Å². The number of nitrogens with one attached hydrogen (secondary N) is 2. The van der Waals surface area contributed by atoms with Gasteiger partial charge in [-0.25, -0.2) is 0 Å². The summed E-state index contributed by atoms with van der Waals surface area (Å²) >= 11 is 0. The molecule has 1 aromatic rings. The van der Waals surface area contributed by atoms with Crippen molar-refractivity contribution in [3.63, 3.8) is 0 Å². The Morgan fingerprint density at radius 1 is 1.50 bits per heavy atom. The molecule has 98 valence electrons. The standard InChI is InChI=1S/C15H22N2O/c1-11-5-3-4-6-13(11)9-12(2)17-15(18)14-7-8-16-10-14/h3-6,12,14,16H,7-10H2,1-2H3,(H,17,18). The second-order valence-electron chi connectivity index (χ2n) is 5.23. The third-order valence-corrected chi connectivity index (χ3v) is 3.61. The summed E-state index contributed by atoms with van der Waals surface area (Å²) in [5, 5.41) is 6.34. The molecule has 1 heterocycles. The fourth-order valence-corrected chi connectivity index (χ4v) is 2.46. The van der Waals surface area contributed by atoms with E-state index in [9.17, 15) is 4.79 Å². The van der Waals surface area contributed by atoms with Crippen molar-refractivity contribution in [3.8, 4) is 0 Å². The molecule has 2 rings (SSSR count). The summed E-state index contributed by atoms with van der Waals surface area (Å²) in [5.74, 6) is 0.352. The van der Waals surface area contributed by atoms with E-state index in [1.54, 1.807) is 0 Å². The molecule has 0 bridgehead atoms. The number of carbonyl (C=O) groups excluding carboxylic acids is 1. The number of rotatable bonds is 4. The van der Waals surface area contributed by atoms with Crippen LogP contribution >= 0.6 is 0 Å². The van der Waals surface area contributed by atoms with Crippen LogP contribution in [0.3, 0.4) is 0 Å². The van der Waals surface area contributed by atoms with E-state index in [0.29, 0.717) is 0 Å². The average molecular weight is 246 g/mol. The molecule has 1 fully saturated rings. The fourth-order valence-electron chi connectivity index (χ4n) is 2.46. The molecule has 1 aliphatic heterocycles. The normalized spacial score (nSPS) is 20.7. The fraction of sp³-hybridized carbons (Fsp3) is 0.533. The van der Waals surface area contributed by atoms with Crippen LogP contribution in [0.4, 0.5) is 0 Å². The highest BCUT2D eigenvalue weighted by atomic mass is 16.2. The van der Waals surface area contributed by atoms with Crippen molar-refractivity contribution in [2.24, 2.45) is 5.92 Å². The van der Waals surface area contributed by atoms with Crippen LogP contribution in [0.25, 0.3) is 0 Å². The van der Waals surface area contributed by atoms with Crippen molar-refractivity contribution < 1.29 is 4.79 Å². The molecule has 2 atom stereocenters. The highest BCUT2D eigenvalue weighted by molar-refractivity contribution is 5.79. The van der Waals surface area contributed by atoms with Crippen LogP contribution in [0.1, 0.15) is 24.5 Å². The first-order chi connectivity index (χ1) is 8.66. The lowest BCUT2D eigenvalue weighted by Crippen LogP contribution is -2.39. The second-order valence-corrected chi connectivity index (χ2v) is 5.23. The molecular formula is C15H22N2O. The van der Waals surface area contributed by atoms with Gasteiger partial charge in [0.15, 0.2) is 0 Å². The second kappa shape index (κ2) is 6.01. The SMILES string of the molecule is Cc1ccccc1CC(C)NC(=O)C1CCNC1. The van der Waals surface area contributed by atoms with Crippen LogP contribution < -0.4 is 10.6 Å². The van der Waals surface area contributed by atoms with E-state index >= 15 is 0 Å². The van der Waals surface area contributed by atoms with E-state index in [4.69, 9.17) is 0 Å². The lowest BCUT2D eigenvalue weighted by Gasteiger charge is -2.17. The van der Waals surface area contributed by atoms with Crippen LogP contribution in [0.2, 0.25) is 0 Å². The Balaban J connectivity index is 1.86. The van der Waals surface area contributed by atoms with E-state index < -0.39 is 0 Å². The molecule has 0 aromatic heterocycles. The highest BCUT2D eigenvalue weighted by Gasteiger charge is 2.23. The van der Waals surface area contributed by atoms with E-state index in [2.05, 4.69) is 42.7 Å². The molecule has 2 N–H and O–H groups in total. The molecule has 3 heteroatoms. The largest absolute Gasteiger partial charge is 0.353 e. The molecular weight excluding hydrogens is 224 g/mol. The zero-order valence-electron chi connectivity index (χ0n) is 11.2. The molecule has 1 aromatic carbocycles. The zero-order valence-corrected chi connectivity index (χ0v) is 11.2. The predicted molar refractivity (Wildman–Crippen MR) is 73.5 cm³/mol. The first-order valence-corrected chi connectivity index (χ1v) is 6.72. The summed E-state index contributed by atoms with van der Waals surface area (Å²) < 4.78 is 0. The van der Waals surface area contributed by atoms with Gasteiger partial charge in [0.25, 0.3) is 0 Å². The van der Waals surface area contributed by atoms with Gasteiger partial charge in [0, 0.05) is 12.6 Å². The molecule has 1 aliphatic rings. The van der Waals surface area contributed by atoms with Crippen molar-refractivity contribution >= 4 is 5.91 Å². The van der Waals surface area contributed by atoms with Gasteiger partial charge in [0.2, 0.25) is 5.91 Å². The Kier molecular flexibility index (Phi) is 4.37. The van der Waals surface area contributed by atoms with Gasteiger partial charge in [-0.3, -0.25) is 4.79 Å². The van der Waals surface area contributed by atoms with Crippen molar-refractivity contribution in [1.29, 1.82) is 0 Å². The summed E-state index contributed by atoms with van der Waals surface area (Å²) in [6.45, 7) is 5.98. The molecule has 0 spiro atoms. The smallest absolute Gasteiger partial charge is 0.224 e. The van der Waals surface area contributed by atoms with Crippen LogP contribution in [0.15, 0.2) is 24.3 Å². The Morgan fingerprint density at radius 2 is 2.28 bits per heavy atom. The summed E-state index contributed by atoms with van der Waals surface area (Å²) in [5.41, 5.74) is 2.61. The van der Waals surface area contributed by atoms with Crippen molar-refractivity contribution in [3.05, 3.63) is 35.4 Å². The van der Waals surface area contributed by atoms with Gasteiger partial charge in [-0.15, -0.1) is 0 Å². The molecule has 0 radical (unpaired) electrons. The van der Waals surface area contributed by atoms with Gasteiger partial charge in [0.05, 0.1) is 5.92 Å². The summed E-state index contributed by atoms with van der Waals surface area (Å²) in [6.07, 6.45) is 1.86. The molecule has 18 heavy (non-hydrogen) atoms. The van der Waals surface area contributed by atoms with Crippen molar-refractivity contribution in [2.75, 3.05) is 13.1 Å². The maximum absolute atomic E-state index is 12.0. The first-order valence-electron chi connectivity index (χ1n) is 6.72. The number of aryl methyl sites for hydroxylation is 1. The summed E-state index contributed by atoms with van der Waals surface area (Å²) in [6, 6.07) is 8.54. The Labute approximate surface area is 109 Å². The zero-order chi connectivity index (χ0) is 13.0. The lowest BCUT2D eigenvalue weighted by molar-refractivity contribution is -0.125. The topological polar surface area (TPSA) is 41.1 Å². The number of carbonyl (C=O) groups is 1. The molecule has 1 saturated heterocycles. The number of benzene rings is 1. The lowest BCUT2D eigenvalue weighted by atomic mass is 10.0. The monoisotopic (exact) mass is 246 g/mol. The van der Waals surface area contributed by atoms with E-state index in [1.807, 2.05) is 6.07 Å². The van der Waals surface area contributed by atoms with Crippen LogP contribution in [-0.4, -0.2) is 25.0 Å². The van der Waals surface area contributed by atoms with Gasteiger partial charge in [0.1, 0.15) is 0 Å². The average Bonchev–Trinajstić information content (AvgIpc) is 2.85. The number of hydrogen-bond donors (Lipinski definition) is 2. The van der Waals surface area contributed by atoms with Gasteiger partial charge >= 0.3 is 0 Å². The minimum atomic E-state index is 0.157. The molecule has 0 aliphatic carbocycles. The van der Waals surface area contributed by atoms with Gasteiger partial charge < -0.3 is 10.6 Å². The van der Waals surface area contributed by atoms with Gasteiger partial charge in [-0.1, -0.05) is 24.3 Å². The number of hydrogen-bond acceptors (Lipinski definition) is 2. The quantitative estimate of drug-likeness (QED) is 0.848.